The van der Waals surface area contributed by atoms with Gasteiger partial charge in [0.15, 0.2) is 0 Å². The van der Waals surface area contributed by atoms with Crippen LogP contribution in [0, 0.1) is 0 Å². The van der Waals surface area contributed by atoms with Crippen LogP contribution in [-0.4, -0.2) is 12.8 Å². The van der Waals surface area contributed by atoms with Crippen molar-refractivity contribution in [2.75, 3.05) is 6.54 Å². The molecule has 0 aromatic rings. The Morgan fingerprint density at radius 1 is 1.75 bits per heavy atom. The minimum Gasteiger partial charge on any atom is -0.287 e. The van der Waals surface area contributed by atoms with Crippen molar-refractivity contribution in [2.24, 2.45) is 4.99 Å². The van der Waals surface area contributed by atoms with Gasteiger partial charge in [0.2, 0.25) is 0 Å². The van der Waals surface area contributed by atoms with Crippen LogP contribution in [0.1, 0.15) is 0 Å². The first kappa shape index (κ1) is 5.57. The van der Waals surface area contributed by atoms with Gasteiger partial charge in [0.25, 0.3) is 0 Å². The largest absolute Gasteiger partial charge is 0.287 e. The molecule has 1 heterocycles. The zero-order valence-electron chi connectivity index (χ0n) is 4.39. The van der Waals surface area contributed by atoms with Crippen molar-refractivity contribution in [3.05, 3.63) is 23.3 Å². The minimum atomic E-state index is 0.668. The van der Waals surface area contributed by atoms with E-state index in [2.05, 4.69) is 11.6 Å². The maximum Gasteiger partial charge on any atom is 0.0635 e. The van der Waals surface area contributed by atoms with Gasteiger partial charge in [-0.1, -0.05) is 18.2 Å². The number of halogens is 1. The third kappa shape index (κ3) is 1.20. The van der Waals surface area contributed by atoms with Crippen molar-refractivity contribution in [1.82, 2.24) is 0 Å². The van der Waals surface area contributed by atoms with E-state index in [9.17, 15) is 0 Å². The Bertz CT molecular complexity index is 167. The third-order valence-electron chi connectivity index (χ3n) is 0.851. The van der Waals surface area contributed by atoms with Gasteiger partial charge in [0.1, 0.15) is 0 Å². The molecule has 1 rings (SSSR count). The van der Waals surface area contributed by atoms with Crippen LogP contribution in [0.2, 0.25) is 0 Å². The lowest BCUT2D eigenvalue weighted by Crippen LogP contribution is -1.91. The van der Waals surface area contributed by atoms with Gasteiger partial charge in [-0.05, 0) is 11.6 Å². The second kappa shape index (κ2) is 2.14. The normalized spacial score (nSPS) is 18.6. The quantitative estimate of drug-likeness (QED) is 0.470. The number of nitrogens with zero attached hydrogens (tertiary/aromatic N) is 1. The average molecular weight is 128 g/mol. The summed E-state index contributed by atoms with van der Waals surface area (Å²) in [5.74, 6) is 0. The van der Waals surface area contributed by atoms with Gasteiger partial charge >= 0.3 is 0 Å². The van der Waals surface area contributed by atoms with Gasteiger partial charge in [0.05, 0.1) is 11.6 Å². The Kier molecular flexibility index (Phi) is 1.49. The van der Waals surface area contributed by atoms with Crippen LogP contribution >= 0.6 is 11.6 Å². The highest BCUT2D eigenvalue weighted by Gasteiger charge is 1.94. The number of allylic oxidation sites excluding steroid dienone is 1. The SMILES string of the molecule is C=C1C=C(Cl)C=NC1. The molecule has 0 aromatic carbocycles. The molecule has 0 fully saturated rings. The summed E-state index contributed by atoms with van der Waals surface area (Å²) in [4.78, 5) is 3.91. The smallest absolute Gasteiger partial charge is 0.0635 e. The molecule has 0 saturated carbocycles. The molecule has 0 atom stereocenters. The van der Waals surface area contributed by atoms with Crippen LogP contribution in [0.4, 0.5) is 0 Å². The molecule has 42 valence electrons. The first-order valence-corrected chi connectivity index (χ1v) is 2.71. The highest BCUT2D eigenvalue weighted by Crippen LogP contribution is 2.07. The first-order chi connectivity index (χ1) is 3.79. The lowest BCUT2D eigenvalue weighted by atomic mass is 10.2. The molecular formula is C6H6ClN. The Balaban J connectivity index is 2.77. The molecule has 0 radical (unpaired) electrons. The number of rotatable bonds is 0. The van der Waals surface area contributed by atoms with Crippen molar-refractivity contribution < 1.29 is 0 Å². The van der Waals surface area contributed by atoms with Crippen LogP contribution in [-0.2, 0) is 0 Å². The fourth-order valence-corrected chi connectivity index (χ4v) is 0.751. The molecule has 0 aromatic heterocycles. The van der Waals surface area contributed by atoms with Crippen molar-refractivity contribution in [3.8, 4) is 0 Å². The summed E-state index contributed by atoms with van der Waals surface area (Å²) in [7, 11) is 0. The molecule has 1 aliphatic heterocycles. The van der Waals surface area contributed by atoms with Crippen LogP contribution < -0.4 is 0 Å². The van der Waals surface area contributed by atoms with Crippen LogP contribution in [0.3, 0.4) is 0 Å². The van der Waals surface area contributed by atoms with Crippen molar-refractivity contribution >= 4 is 17.8 Å². The molecule has 0 spiro atoms. The first-order valence-electron chi connectivity index (χ1n) is 2.34. The summed E-state index contributed by atoms with van der Waals surface area (Å²) < 4.78 is 0. The molecule has 0 N–H and O–H groups in total. The van der Waals surface area contributed by atoms with Crippen LogP contribution in [0.25, 0.3) is 0 Å². The molecule has 0 amide bonds. The van der Waals surface area contributed by atoms with E-state index in [1.54, 1.807) is 6.21 Å². The van der Waals surface area contributed by atoms with Gasteiger partial charge in [0, 0.05) is 6.21 Å². The Morgan fingerprint density at radius 3 is 2.88 bits per heavy atom. The number of dihydropyridines is 1. The van der Waals surface area contributed by atoms with Gasteiger partial charge in [-0.25, -0.2) is 0 Å². The van der Waals surface area contributed by atoms with E-state index in [-0.39, 0.29) is 0 Å². The highest BCUT2D eigenvalue weighted by atomic mass is 35.5. The summed E-state index contributed by atoms with van der Waals surface area (Å²) in [5, 5.41) is 0.668. The van der Waals surface area contributed by atoms with E-state index in [0.717, 1.165) is 5.57 Å². The third-order valence-corrected chi connectivity index (χ3v) is 1.06. The van der Waals surface area contributed by atoms with E-state index in [0.29, 0.717) is 11.6 Å². The van der Waals surface area contributed by atoms with E-state index >= 15 is 0 Å². The van der Waals surface area contributed by atoms with E-state index in [1.807, 2.05) is 6.08 Å². The van der Waals surface area contributed by atoms with Crippen molar-refractivity contribution in [1.29, 1.82) is 0 Å². The van der Waals surface area contributed by atoms with Crippen molar-refractivity contribution in [2.45, 2.75) is 0 Å². The zero-order chi connectivity index (χ0) is 5.98. The lowest BCUT2D eigenvalue weighted by molar-refractivity contribution is 1.18. The summed E-state index contributed by atoms with van der Waals surface area (Å²) >= 11 is 5.56. The molecule has 1 aliphatic rings. The van der Waals surface area contributed by atoms with Crippen LogP contribution in [0.15, 0.2) is 28.3 Å². The maximum atomic E-state index is 5.56. The monoisotopic (exact) mass is 127 g/mol. The fraction of sp³-hybridized carbons (Fsp3) is 0.167. The van der Waals surface area contributed by atoms with Gasteiger partial charge in [-0.15, -0.1) is 0 Å². The molecule has 0 unspecified atom stereocenters. The number of aliphatic imine (C=N–C) groups is 1. The minimum absolute atomic E-state index is 0.668. The van der Waals surface area contributed by atoms with Crippen LogP contribution in [0.5, 0.6) is 0 Å². The Morgan fingerprint density at radius 2 is 2.50 bits per heavy atom. The second-order valence-corrected chi connectivity index (χ2v) is 2.09. The van der Waals surface area contributed by atoms with E-state index < -0.39 is 0 Å². The summed E-state index contributed by atoms with van der Waals surface area (Å²) in [6.45, 7) is 4.38. The summed E-state index contributed by atoms with van der Waals surface area (Å²) in [5.41, 5.74) is 0.970. The summed E-state index contributed by atoms with van der Waals surface area (Å²) in [6.07, 6.45) is 3.45. The fourth-order valence-electron chi connectivity index (χ4n) is 0.528. The lowest BCUT2D eigenvalue weighted by Gasteiger charge is -1.99. The maximum absolute atomic E-state index is 5.56. The second-order valence-electron chi connectivity index (χ2n) is 1.66. The highest BCUT2D eigenvalue weighted by molar-refractivity contribution is 6.39. The molecule has 0 saturated heterocycles. The Labute approximate surface area is 53.4 Å². The van der Waals surface area contributed by atoms with Gasteiger partial charge in [-0.2, -0.15) is 0 Å². The predicted octanol–water partition coefficient (Wildman–Crippen LogP) is 1.75. The zero-order valence-corrected chi connectivity index (χ0v) is 5.15. The Hall–Kier alpha value is -0.560. The molecule has 0 aliphatic carbocycles. The summed E-state index contributed by atoms with van der Waals surface area (Å²) in [6, 6.07) is 0. The average Bonchev–Trinajstić information content (AvgIpc) is 1.64. The molecule has 1 nitrogen and oxygen atoms in total. The number of hydrogen-bond donors (Lipinski definition) is 0. The van der Waals surface area contributed by atoms with Gasteiger partial charge < -0.3 is 0 Å². The topological polar surface area (TPSA) is 12.4 Å². The predicted molar refractivity (Wildman–Crippen MR) is 36.4 cm³/mol. The number of hydrogen-bond acceptors (Lipinski definition) is 1. The molecule has 0 bridgehead atoms. The molecule has 8 heavy (non-hydrogen) atoms. The van der Waals surface area contributed by atoms with Crippen molar-refractivity contribution in [3.63, 3.8) is 0 Å². The van der Waals surface area contributed by atoms with E-state index in [4.69, 9.17) is 11.6 Å². The van der Waals surface area contributed by atoms with E-state index in [1.165, 1.54) is 0 Å². The molecule has 2 heteroatoms. The van der Waals surface area contributed by atoms with Gasteiger partial charge in [-0.3, -0.25) is 4.99 Å². The molecular weight excluding hydrogens is 122 g/mol. The standard InChI is InChI=1S/C6H6ClN/c1-5-2-6(7)4-8-3-5/h2,4H,1,3H2.